The normalized spacial score (nSPS) is 24.0. The molecule has 0 saturated carbocycles. The molecule has 6 rings (SSSR count). The average Bonchev–Trinajstić information content (AvgIpc) is 2.16. The zero-order valence-corrected chi connectivity index (χ0v) is 56.8. The number of cyclic esters (lactones) is 6. The number of carbonyl (C=O) groups excluding carboxylic acids is 12. The fourth-order valence-corrected chi connectivity index (χ4v) is 7.03. The number of rotatable bonds is 19. The summed E-state index contributed by atoms with van der Waals surface area (Å²) in [5, 5.41) is 0. The molecule has 0 aliphatic carbocycles. The minimum atomic E-state index is -0.927. The van der Waals surface area contributed by atoms with E-state index in [0.29, 0.717) is 77.8 Å². The van der Waals surface area contributed by atoms with Crippen molar-refractivity contribution >= 4 is 71.6 Å². The Bertz CT molecular complexity index is 2440. The van der Waals surface area contributed by atoms with Gasteiger partial charge in [-0.2, -0.15) is 0 Å². The first-order valence-corrected chi connectivity index (χ1v) is 30.8. The largest absolute Gasteiger partial charge is 0.465 e. The predicted octanol–water partition coefficient (Wildman–Crippen LogP) is 8.34. The van der Waals surface area contributed by atoms with E-state index in [1.807, 2.05) is 96.9 Å². The molecule has 25 nitrogen and oxygen atoms in total. The highest BCUT2D eigenvalue weighted by atomic mass is 16.7. The van der Waals surface area contributed by atoms with Gasteiger partial charge in [-0.1, -0.05) is 62.3 Å². The molecule has 0 N–H and O–H groups in total. The number of hydrogen-bond donors (Lipinski definition) is 0. The van der Waals surface area contributed by atoms with Crippen molar-refractivity contribution in [1.29, 1.82) is 0 Å². The first-order chi connectivity index (χ1) is 41.0. The van der Waals surface area contributed by atoms with Crippen molar-refractivity contribution in [2.45, 2.75) is 251 Å². The summed E-state index contributed by atoms with van der Waals surface area (Å²) in [5.74, 6) is -4.45. The van der Waals surface area contributed by atoms with Crippen LogP contribution < -0.4 is 0 Å². The Hall–Kier alpha value is -6.40. The summed E-state index contributed by atoms with van der Waals surface area (Å²) in [5.41, 5.74) is -3.78. The van der Waals surface area contributed by atoms with Crippen molar-refractivity contribution in [3.05, 3.63) is 0 Å². The third kappa shape index (κ3) is 25.8. The lowest BCUT2D eigenvalue weighted by Crippen LogP contribution is -2.43. The van der Waals surface area contributed by atoms with Gasteiger partial charge in [0.25, 0.3) is 0 Å². The molecule has 8 unspecified atom stereocenters. The van der Waals surface area contributed by atoms with Crippen LogP contribution in [0.1, 0.15) is 209 Å². The highest BCUT2D eigenvalue weighted by molar-refractivity contribution is 5.85. The van der Waals surface area contributed by atoms with Crippen LogP contribution in [0.15, 0.2) is 0 Å². The van der Waals surface area contributed by atoms with Crippen LogP contribution in [-0.2, 0) is 119 Å². The van der Waals surface area contributed by atoms with E-state index in [1.165, 1.54) is 7.11 Å². The molecule has 89 heavy (non-hydrogen) atoms. The standard InChI is InChI=1S/2C12H20O4.C11H18O5.2C10H16O4.C9H14O4/c1-6-11(2,3)10(14)16-8-9(13)15-7-12(8,4)5;1-5-11(2,3)10(14)16-12(4)6-7-15-9(13)8-12;1-5-11(2,3)10(13)16-8-7(14-4)6-15-9(8)12;1-4-10(2,3)9(12)14-7-5-8(11)13-6-7;1-4-10(2,3)9(12)14-7-5-6-13-8(7)11;1-3-6(2)8(10)13-7-4-5-12-9(7)11/h8H,6-7H2,1-5H3;5-8H2,1-4H3;7-8H,5-6H2,1-4H3;2*7H,4-6H2,1-3H3;6-7H,3-5H2,1-2H3. The average molecular weight is 1270 g/mol. The fraction of sp³-hybridized carbons (Fsp3) is 0.812. The highest BCUT2D eigenvalue weighted by Gasteiger charge is 2.48. The molecule has 0 aromatic rings. The van der Waals surface area contributed by atoms with E-state index in [4.69, 9.17) is 56.8 Å². The molecule has 6 aliphatic heterocycles. The summed E-state index contributed by atoms with van der Waals surface area (Å²) < 4.78 is 64.7. The van der Waals surface area contributed by atoms with E-state index in [0.717, 1.165) is 6.42 Å². The summed E-state index contributed by atoms with van der Waals surface area (Å²) in [6.07, 6.45) is 2.10. The molecule has 6 aliphatic rings. The van der Waals surface area contributed by atoms with E-state index in [-0.39, 0.29) is 79.9 Å². The van der Waals surface area contributed by atoms with E-state index >= 15 is 0 Å². The van der Waals surface area contributed by atoms with Crippen LogP contribution in [-0.4, -0.2) is 161 Å². The van der Waals surface area contributed by atoms with Crippen molar-refractivity contribution in [2.75, 3.05) is 46.8 Å². The lowest BCUT2D eigenvalue weighted by Gasteiger charge is -2.35. The molecule has 0 aromatic heterocycles. The molecule has 6 saturated heterocycles. The second kappa shape index (κ2) is 35.3. The Morgan fingerprint density at radius 3 is 1.35 bits per heavy atom. The van der Waals surface area contributed by atoms with Gasteiger partial charge in [0.1, 0.15) is 37.6 Å². The summed E-state index contributed by atoms with van der Waals surface area (Å²) >= 11 is 0. The van der Waals surface area contributed by atoms with E-state index in [2.05, 4.69) is 4.74 Å². The summed E-state index contributed by atoms with van der Waals surface area (Å²) in [4.78, 5) is 137. The smallest absolute Gasteiger partial charge is 0.350 e. The molecule has 25 heteroatoms. The number of carbonyl (C=O) groups is 12. The van der Waals surface area contributed by atoms with Crippen molar-refractivity contribution in [1.82, 2.24) is 0 Å². The third-order valence-electron chi connectivity index (χ3n) is 16.6. The maximum absolute atomic E-state index is 11.9. The molecule has 8 atom stereocenters. The van der Waals surface area contributed by atoms with Crippen LogP contribution >= 0.6 is 0 Å². The molecule has 0 bridgehead atoms. The van der Waals surface area contributed by atoms with Gasteiger partial charge in [0.05, 0.1) is 65.7 Å². The molecule has 510 valence electrons. The Morgan fingerprint density at radius 1 is 0.506 bits per heavy atom. The summed E-state index contributed by atoms with van der Waals surface area (Å²) in [6.45, 7) is 38.6. The lowest BCUT2D eigenvalue weighted by atomic mass is 9.88. The van der Waals surface area contributed by atoms with Gasteiger partial charge < -0.3 is 61.6 Å². The molecule has 6 heterocycles. The van der Waals surface area contributed by atoms with E-state index in [1.54, 1.807) is 41.5 Å². The zero-order chi connectivity index (χ0) is 68.7. The van der Waals surface area contributed by atoms with Crippen molar-refractivity contribution in [3.8, 4) is 0 Å². The van der Waals surface area contributed by atoms with Crippen molar-refractivity contribution < 1.29 is 119 Å². The van der Waals surface area contributed by atoms with E-state index in [9.17, 15) is 57.5 Å². The monoisotopic (exact) mass is 1270 g/mol. The van der Waals surface area contributed by atoms with Gasteiger partial charge in [0, 0.05) is 31.8 Å². The Labute approximate surface area is 525 Å². The highest BCUT2D eigenvalue weighted by Crippen LogP contribution is 2.35. The van der Waals surface area contributed by atoms with Gasteiger partial charge in [-0.15, -0.1) is 0 Å². The second-order valence-electron chi connectivity index (χ2n) is 26.7. The molecular weight excluding hydrogens is 1170 g/mol. The quantitative estimate of drug-likeness (QED) is 0.0866. The number of hydrogen-bond acceptors (Lipinski definition) is 25. The molecule has 0 spiro atoms. The van der Waals surface area contributed by atoms with Gasteiger partial charge in [0.15, 0.2) is 0 Å². The van der Waals surface area contributed by atoms with Crippen LogP contribution in [0.3, 0.4) is 0 Å². The molecule has 6 fully saturated rings. The van der Waals surface area contributed by atoms with Gasteiger partial charge >= 0.3 is 71.6 Å². The molecular formula is C64H104O25. The van der Waals surface area contributed by atoms with Crippen LogP contribution in [0.25, 0.3) is 0 Å². The Kier molecular flexibility index (Phi) is 31.9. The number of methoxy groups -OCH3 is 1. The number of ether oxygens (including phenoxy) is 13. The van der Waals surface area contributed by atoms with Crippen LogP contribution in [0.2, 0.25) is 0 Å². The second-order valence-corrected chi connectivity index (χ2v) is 26.7. The Morgan fingerprint density at radius 2 is 0.955 bits per heavy atom. The first-order valence-electron chi connectivity index (χ1n) is 30.8. The SMILES string of the molecule is CCC(C)(C)C(=O)OC1(C)CCOC(=O)C1.CCC(C)(C)C(=O)OC1C(=O)OCC1(C)C.CCC(C)(C)C(=O)OC1C(=O)OCC1OC.CCC(C)(C)C(=O)OC1CCOC1=O.CCC(C)(C)C(=O)OC1COC(=O)C1.CCC(C)C(=O)OC1CCOC1=O. The Balaban J connectivity index is 0.000000535. The first kappa shape index (κ1) is 80.6. The maximum atomic E-state index is 11.9. The van der Waals surface area contributed by atoms with Crippen molar-refractivity contribution in [2.24, 2.45) is 38.4 Å². The van der Waals surface area contributed by atoms with Crippen LogP contribution in [0, 0.1) is 38.4 Å². The van der Waals surface area contributed by atoms with Crippen LogP contribution in [0.5, 0.6) is 0 Å². The molecule has 0 amide bonds. The molecule has 0 aromatic carbocycles. The van der Waals surface area contributed by atoms with Gasteiger partial charge in [-0.3, -0.25) is 38.4 Å². The van der Waals surface area contributed by atoms with Crippen molar-refractivity contribution in [3.63, 3.8) is 0 Å². The van der Waals surface area contributed by atoms with Gasteiger partial charge in [0.2, 0.25) is 24.4 Å². The van der Waals surface area contributed by atoms with Crippen LogP contribution in [0.4, 0.5) is 0 Å². The zero-order valence-electron chi connectivity index (χ0n) is 56.8. The van der Waals surface area contributed by atoms with Gasteiger partial charge in [-0.25, -0.2) is 19.2 Å². The summed E-state index contributed by atoms with van der Waals surface area (Å²) in [6, 6.07) is 0. The molecule has 0 radical (unpaired) electrons. The van der Waals surface area contributed by atoms with Gasteiger partial charge in [-0.05, 0) is 115 Å². The topological polar surface area (TPSA) is 325 Å². The number of esters is 12. The minimum absolute atomic E-state index is 0.139. The maximum Gasteiger partial charge on any atom is 0.350 e. The van der Waals surface area contributed by atoms with E-state index < -0.39 is 98.5 Å². The minimum Gasteiger partial charge on any atom is -0.465 e. The fourth-order valence-electron chi connectivity index (χ4n) is 7.03. The summed E-state index contributed by atoms with van der Waals surface area (Å²) in [7, 11) is 1.46. The lowest BCUT2D eigenvalue weighted by molar-refractivity contribution is -0.182. The third-order valence-corrected chi connectivity index (χ3v) is 16.6. The predicted molar refractivity (Wildman–Crippen MR) is 317 cm³/mol.